The van der Waals surface area contributed by atoms with Gasteiger partial charge in [-0.2, -0.15) is 0 Å². The summed E-state index contributed by atoms with van der Waals surface area (Å²) in [6.45, 7) is 0. The van der Waals surface area contributed by atoms with Crippen molar-refractivity contribution in [1.82, 2.24) is 4.98 Å². The maximum atomic E-state index is 11.7. The summed E-state index contributed by atoms with van der Waals surface area (Å²) in [5.41, 5.74) is 2.22. The van der Waals surface area contributed by atoms with Crippen LogP contribution in [0.4, 0.5) is 0 Å². The number of rotatable bonds is 2. The molecule has 0 N–H and O–H groups in total. The van der Waals surface area contributed by atoms with E-state index in [0.717, 1.165) is 16.7 Å². The van der Waals surface area contributed by atoms with Crippen molar-refractivity contribution in [3.63, 3.8) is 0 Å². The van der Waals surface area contributed by atoms with E-state index in [-0.39, 0.29) is 5.63 Å². The van der Waals surface area contributed by atoms with Crippen LogP contribution >= 0.6 is 0 Å². The topological polar surface area (TPSA) is 43.1 Å². The van der Waals surface area contributed by atoms with Gasteiger partial charge in [-0.3, -0.25) is 4.98 Å². The number of pyridine rings is 1. The van der Waals surface area contributed by atoms with Gasteiger partial charge in [0.25, 0.3) is 0 Å². The molecule has 3 heteroatoms. The molecule has 2 heterocycles. The molecular weight excluding hydrogens is 238 g/mol. The van der Waals surface area contributed by atoms with E-state index in [1.165, 1.54) is 6.07 Å². The average Bonchev–Trinajstić information content (AvgIpc) is 2.48. The van der Waals surface area contributed by atoms with Crippen molar-refractivity contribution < 1.29 is 4.42 Å². The van der Waals surface area contributed by atoms with Gasteiger partial charge in [-0.15, -0.1) is 0 Å². The molecule has 0 aliphatic carbocycles. The lowest BCUT2D eigenvalue weighted by atomic mass is 10.1. The molecule has 1 aromatic carbocycles. The van der Waals surface area contributed by atoms with Gasteiger partial charge in [-0.05, 0) is 17.7 Å². The van der Waals surface area contributed by atoms with E-state index in [2.05, 4.69) is 4.98 Å². The lowest BCUT2D eigenvalue weighted by molar-refractivity contribution is 0.526. The second kappa shape index (κ2) is 4.90. The molecule has 0 bridgehead atoms. The monoisotopic (exact) mass is 249 g/mol. The molecule has 0 aliphatic heterocycles. The Morgan fingerprint density at radius 1 is 0.842 bits per heavy atom. The Labute approximate surface area is 110 Å². The maximum absolute atomic E-state index is 11.7. The third kappa shape index (κ3) is 2.45. The van der Waals surface area contributed by atoms with E-state index < -0.39 is 0 Å². The number of hydrogen-bond donors (Lipinski definition) is 0. The summed E-state index contributed by atoms with van der Waals surface area (Å²) < 4.78 is 5.25. The van der Waals surface area contributed by atoms with Crippen LogP contribution in [0.1, 0.15) is 0 Å². The first-order valence-electron chi connectivity index (χ1n) is 5.94. The molecular formula is C16H11NO2. The molecule has 19 heavy (non-hydrogen) atoms. The standard InChI is InChI=1S/C16H11NO2/c18-16-10-14(13-7-4-8-17-11-13)9-15(19-16)12-5-2-1-3-6-12/h1-11H. The Morgan fingerprint density at radius 2 is 1.63 bits per heavy atom. The first kappa shape index (κ1) is 11.4. The summed E-state index contributed by atoms with van der Waals surface area (Å²) >= 11 is 0. The fourth-order valence-corrected chi connectivity index (χ4v) is 1.92. The number of hydrogen-bond acceptors (Lipinski definition) is 3. The zero-order valence-electron chi connectivity index (χ0n) is 10.1. The van der Waals surface area contributed by atoms with Gasteiger partial charge in [0.05, 0.1) is 0 Å². The second-order valence-electron chi connectivity index (χ2n) is 4.14. The van der Waals surface area contributed by atoms with E-state index in [1.807, 2.05) is 48.5 Å². The van der Waals surface area contributed by atoms with Crippen molar-refractivity contribution in [2.24, 2.45) is 0 Å². The van der Waals surface area contributed by atoms with Crippen LogP contribution in [0.3, 0.4) is 0 Å². The van der Waals surface area contributed by atoms with Crippen LogP contribution in [0.25, 0.3) is 22.5 Å². The Balaban J connectivity index is 2.15. The fraction of sp³-hybridized carbons (Fsp3) is 0. The van der Waals surface area contributed by atoms with Gasteiger partial charge in [0.15, 0.2) is 0 Å². The summed E-state index contributed by atoms with van der Waals surface area (Å²) in [7, 11) is 0. The largest absolute Gasteiger partial charge is 0.423 e. The molecule has 3 rings (SSSR count). The molecule has 3 aromatic rings. The highest BCUT2D eigenvalue weighted by molar-refractivity contribution is 5.68. The summed E-state index contributed by atoms with van der Waals surface area (Å²) in [5.74, 6) is 0.562. The minimum Gasteiger partial charge on any atom is -0.423 e. The van der Waals surface area contributed by atoms with Crippen LogP contribution in [-0.4, -0.2) is 4.98 Å². The molecule has 2 aromatic heterocycles. The van der Waals surface area contributed by atoms with E-state index in [4.69, 9.17) is 4.42 Å². The van der Waals surface area contributed by atoms with Crippen molar-refractivity contribution in [3.8, 4) is 22.5 Å². The minimum atomic E-state index is -0.361. The molecule has 0 atom stereocenters. The first-order valence-corrected chi connectivity index (χ1v) is 5.94. The van der Waals surface area contributed by atoms with Gasteiger partial charge in [-0.25, -0.2) is 4.79 Å². The van der Waals surface area contributed by atoms with Gasteiger partial charge in [0, 0.05) is 29.6 Å². The summed E-state index contributed by atoms with van der Waals surface area (Å²) in [6.07, 6.45) is 3.43. The smallest absolute Gasteiger partial charge is 0.336 e. The van der Waals surface area contributed by atoms with Crippen LogP contribution in [0.5, 0.6) is 0 Å². The minimum absolute atomic E-state index is 0.361. The predicted octanol–water partition coefficient (Wildman–Crippen LogP) is 3.37. The summed E-state index contributed by atoms with van der Waals surface area (Å²) in [4.78, 5) is 15.7. The summed E-state index contributed by atoms with van der Waals surface area (Å²) in [5, 5.41) is 0. The number of benzene rings is 1. The Morgan fingerprint density at radius 3 is 2.37 bits per heavy atom. The van der Waals surface area contributed by atoms with Crippen LogP contribution in [0, 0.1) is 0 Å². The third-order valence-corrected chi connectivity index (χ3v) is 2.82. The lowest BCUT2D eigenvalue weighted by Gasteiger charge is -2.03. The van der Waals surface area contributed by atoms with Gasteiger partial charge in [0.2, 0.25) is 0 Å². The highest BCUT2D eigenvalue weighted by Crippen LogP contribution is 2.23. The van der Waals surface area contributed by atoms with Crippen molar-refractivity contribution in [2.75, 3.05) is 0 Å². The highest BCUT2D eigenvalue weighted by Gasteiger charge is 2.05. The third-order valence-electron chi connectivity index (χ3n) is 2.82. The number of nitrogens with zero attached hydrogens (tertiary/aromatic N) is 1. The Bertz CT molecular complexity index is 673. The van der Waals surface area contributed by atoms with Crippen LogP contribution in [0.15, 0.2) is 76.2 Å². The molecule has 0 unspecified atom stereocenters. The SMILES string of the molecule is O=c1cc(-c2cccnc2)cc(-c2ccccc2)o1. The molecule has 0 fully saturated rings. The van der Waals surface area contributed by atoms with Crippen molar-refractivity contribution in [1.29, 1.82) is 0 Å². The van der Waals surface area contributed by atoms with Crippen LogP contribution in [-0.2, 0) is 0 Å². The van der Waals surface area contributed by atoms with E-state index >= 15 is 0 Å². The summed E-state index contributed by atoms with van der Waals surface area (Å²) in [6, 6.07) is 16.6. The van der Waals surface area contributed by atoms with Crippen LogP contribution in [0.2, 0.25) is 0 Å². The Kier molecular flexibility index (Phi) is 2.94. The van der Waals surface area contributed by atoms with Gasteiger partial charge in [0.1, 0.15) is 5.76 Å². The van der Waals surface area contributed by atoms with Crippen molar-refractivity contribution in [3.05, 3.63) is 77.4 Å². The number of aromatic nitrogens is 1. The van der Waals surface area contributed by atoms with E-state index in [0.29, 0.717) is 5.76 Å². The molecule has 0 spiro atoms. The molecule has 0 amide bonds. The van der Waals surface area contributed by atoms with Gasteiger partial charge < -0.3 is 4.42 Å². The lowest BCUT2D eigenvalue weighted by Crippen LogP contribution is -1.98. The van der Waals surface area contributed by atoms with Gasteiger partial charge in [-0.1, -0.05) is 36.4 Å². The Hall–Kier alpha value is -2.68. The second-order valence-corrected chi connectivity index (χ2v) is 4.14. The van der Waals surface area contributed by atoms with Crippen molar-refractivity contribution in [2.45, 2.75) is 0 Å². The molecule has 0 saturated carbocycles. The quantitative estimate of drug-likeness (QED) is 0.699. The molecule has 3 nitrogen and oxygen atoms in total. The average molecular weight is 249 g/mol. The zero-order valence-corrected chi connectivity index (χ0v) is 10.1. The maximum Gasteiger partial charge on any atom is 0.336 e. The van der Waals surface area contributed by atoms with Crippen molar-refractivity contribution >= 4 is 0 Å². The molecule has 92 valence electrons. The van der Waals surface area contributed by atoms with E-state index in [1.54, 1.807) is 12.4 Å². The predicted molar refractivity (Wildman–Crippen MR) is 73.6 cm³/mol. The van der Waals surface area contributed by atoms with Gasteiger partial charge >= 0.3 is 5.63 Å². The first-order chi connectivity index (χ1) is 9.33. The fourth-order valence-electron chi connectivity index (χ4n) is 1.92. The van der Waals surface area contributed by atoms with E-state index in [9.17, 15) is 4.79 Å². The molecule has 0 saturated heterocycles. The highest BCUT2D eigenvalue weighted by atomic mass is 16.4. The normalized spacial score (nSPS) is 10.3. The molecule has 0 aliphatic rings. The van der Waals surface area contributed by atoms with Crippen LogP contribution < -0.4 is 5.63 Å². The zero-order chi connectivity index (χ0) is 13.1. The molecule has 0 radical (unpaired) electrons.